The Morgan fingerprint density at radius 3 is 2.58 bits per heavy atom. The Balaban J connectivity index is 1.94. The molecule has 0 atom stereocenters. The van der Waals surface area contributed by atoms with Crippen molar-refractivity contribution in [3.05, 3.63) is 34.6 Å². The molecular formula is C18H27ClFN5O. The fourth-order valence-electron chi connectivity index (χ4n) is 2.73. The Bertz CT molecular complexity index is 624. The van der Waals surface area contributed by atoms with E-state index in [-0.39, 0.29) is 18.3 Å². The minimum absolute atomic E-state index is 0.0340. The molecule has 8 heteroatoms. The molecule has 0 radical (unpaired) electrons. The zero-order valence-electron chi connectivity index (χ0n) is 15.6. The summed E-state index contributed by atoms with van der Waals surface area (Å²) in [5, 5.41) is 3.70. The molecule has 144 valence electrons. The Labute approximate surface area is 159 Å². The highest BCUT2D eigenvalue weighted by Crippen LogP contribution is 2.21. The number of nitrogens with zero attached hydrogens (tertiary/aromatic N) is 4. The van der Waals surface area contributed by atoms with Gasteiger partial charge in [-0.05, 0) is 19.1 Å². The van der Waals surface area contributed by atoms with Gasteiger partial charge in [0.15, 0.2) is 5.96 Å². The molecule has 1 aliphatic heterocycles. The fourth-order valence-corrected chi connectivity index (χ4v) is 2.96. The van der Waals surface area contributed by atoms with E-state index in [1.54, 1.807) is 26.2 Å². The largest absolute Gasteiger partial charge is 0.357 e. The van der Waals surface area contributed by atoms with Gasteiger partial charge in [0.05, 0.1) is 0 Å². The molecular weight excluding hydrogens is 357 g/mol. The van der Waals surface area contributed by atoms with Crippen LogP contribution in [0.25, 0.3) is 0 Å². The lowest BCUT2D eigenvalue weighted by Crippen LogP contribution is -2.52. The number of piperazine rings is 1. The number of halogens is 2. The predicted molar refractivity (Wildman–Crippen MR) is 103 cm³/mol. The topological polar surface area (TPSA) is 51.2 Å². The van der Waals surface area contributed by atoms with E-state index in [1.165, 1.54) is 11.0 Å². The highest BCUT2D eigenvalue weighted by molar-refractivity contribution is 6.31. The lowest BCUT2D eigenvalue weighted by molar-refractivity contribution is -0.127. The third-order valence-corrected chi connectivity index (χ3v) is 4.67. The summed E-state index contributed by atoms with van der Waals surface area (Å²) in [6, 6.07) is 4.77. The molecule has 1 N–H and O–H groups in total. The maximum absolute atomic E-state index is 14.0. The molecule has 0 saturated carbocycles. The summed E-state index contributed by atoms with van der Waals surface area (Å²) in [5.41, 5.74) is 0.541. The van der Waals surface area contributed by atoms with Gasteiger partial charge in [0.25, 0.3) is 0 Å². The number of aliphatic imine (C=N–C) groups is 1. The average molecular weight is 384 g/mol. The Morgan fingerprint density at radius 1 is 1.31 bits per heavy atom. The van der Waals surface area contributed by atoms with Crippen LogP contribution in [0.15, 0.2) is 23.2 Å². The van der Waals surface area contributed by atoms with Gasteiger partial charge >= 0.3 is 0 Å². The third-order valence-electron chi connectivity index (χ3n) is 4.31. The van der Waals surface area contributed by atoms with Gasteiger partial charge in [-0.3, -0.25) is 9.69 Å². The molecule has 1 aliphatic rings. The molecule has 1 aromatic carbocycles. The first kappa shape index (κ1) is 20.5. The first-order valence-corrected chi connectivity index (χ1v) is 9.18. The molecule has 0 unspecified atom stereocenters. The predicted octanol–water partition coefficient (Wildman–Crippen LogP) is 1.65. The minimum atomic E-state index is -0.267. The molecule has 1 heterocycles. The summed E-state index contributed by atoms with van der Waals surface area (Å²) in [6.07, 6.45) is 0. The van der Waals surface area contributed by atoms with Crippen LogP contribution in [0.5, 0.6) is 0 Å². The Hall–Kier alpha value is -1.86. The van der Waals surface area contributed by atoms with Gasteiger partial charge in [0.1, 0.15) is 12.4 Å². The standard InChI is InChI=1S/C18H27ClFN5O/c1-4-21-18(22-12-17(26)23(2)3)25-10-8-24(9-11-25)13-14-15(19)6-5-7-16(14)20/h5-7H,4,8-13H2,1-3H3,(H,21,22). The molecule has 1 saturated heterocycles. The van der Waals surface area contributed by atoms with Crippen LogP contribution in [0.3, 0.4) is 0 Å². The van der Waals surface area contributed by atoms with Crippen LogP contribution < -0.4 is 5.32 Å². The summed E-state index contributed by atoms with van der Waals surface area (Å²) < 4.78 is 14.0. The monoisotopic (exact) mass is 383 g/mol. The van der Waals surface area contributed by atoms with Crippen LogP contribution in [-0.4, -0.2) is 79.9 Å². The van der Waals surface area contributed by atoms with E-state index in [4.69, 9.17) is 11.6 Å². The van der Waals surface area contributed by atoms with Crippen molar-refractivity contribution in [1.29, 1.82) is 0 Å². The van der Waals surface area contributed by atoms with Crippen LogP contribution in [0.2, 0.25) is 5.02 Å². The summed E-state index contributed by atoms with van der Waals surface area (Å²) in [5.74, 6) is 0.441. The number of nitrogens with one attached hydrogen (secondary N) is 1. The molecule has 2 rings (SSSR count). The Morgan fingerprint density at radius 2 is 2.00 bits per heavy atom. The molecule has 26 heavy (non-hydrogen) atoms. The summed E-state index contributed by atoms with van der Waals surface area (Å²) >= 11 is 6.12. The van der Waals surface area contributed by atoms with Gasteiger partial charge in [-0.25, -0.2) is 9.38 Å². The van der Waals surface area contributed by atoms with E-state index in [1.807, 2.05) is 6.92 Å². The summed E-state index contributed by atoms with van der Waals surface area (Å²) in [6.45, 7) is 6.42. The van der Waals surface area contributed by atoms with Gasteiger partial charge in [-0.1, -0.05) is 17.7 Å². The van der Waals surface area contributed by atoms with Crippen molar-refractivity contribution in [2.24, 2.45) is 4.99 Å². The zero-order chi connectivity index (χ0) is 19.1. The SMILES string of the molecule is CCNC(=NCC(=O)N(C)C)N1CCN(Cc2c(F)cccc2Cl)CC1. The second-order valence-corrected chi connectivity index (χ2v) is 6.83. The number of hydrogen-bond donors (Lipinski definition) is 1. The first-order chi connectivity index (χ1) is 12.4. The lowest BCUT2D eigenvalue weighted by Gasteiger charge is -2.36. The number of carbonyl (C=O) groups is 1. The van der Waals surface area contributed by atoms with Crippen LogP contribution >= 0.6 is 11.6 Å². The molecule has 0 bridgehead atoms. The summed E-state index contributed by atoms with van der Waals surface area (Å²) in [4.78, 5) is 22.0. The van der Waals surface area contributed by atoms with E-state index < -0.39 is 0 Å². The second-order valence-electron chi connectivity index (χ2n) is 6.42. The van der Waals surface area contributed by atoms with Crippen molar-refractivity contribution < 1.29 is 9.18 Å². The molecule has 1 amide bonds. The maximum Gasteiger partial charge on any atom is 0.243 e. The first-order valence-electron chi connectivity index (χ1n) is 8.81. The Kier molecular flexibility index (Phi) is 7.66. The highest BCUT2D eigenvalue weighted by Gasteiger charge is 2.21. The molecule has 1 fully saturated rings. The van der Waals surface area contributed by atoms with Crippen molar-refractivity contribution in [2.45, 2.75) is 13.5 Å². The van der Waals surface area contributed by atoms with E-state index in [9.17, 15) is 9.18 Å². The number of likely N-dealkylation sites (N-methyl/N-ethyl adjacent to an activating group) is 1. The summed E-state index contributed by atoms with van der Waals surface area (Å²) in [7, 11) is 3.44. The fraction of sp³-hybridized carbons (Fsp3) is 0.556. The van der Waals surface area contributed by atoms with Gasteiger partial charge < -0.3 is 15.1 Å². The number of benzene rings is 1. The van der Waals surface area contributed by atoms with E-state index in [0.29, 0.717) is 17.1 Å². The van der Waals surface area contributed by atoms with Crippen molar-refractivity contribution in [1.82, 2.24) is 20.0 Å². The zero-order valence-corrected chi connectivity index (χ0v) is 16.4. The van der Waals surface area contributed by atoms with E-state index in [2.05, 4.69) is 20.1 Å². The second kappa shape index (κ2) is 9.73. The van der Waals surface area contributed by atoms with E-state index in [0.717, 1.165) is 38.7 Å². The van der Waals surface area contributed by atoms with Gasteiger partial charge in [-0.2, -0.15) is 0 Å². The van der Waals surface area contributed by atoms with Crippen LogP contribution in [0.4, 0.5) is 4.39 Å². The molecule has 0 aliphatic carbocycles. The van der Waals surface area contributed by atoms with Crippen LogP contribution in [0, 0.1) is 5.82 Å². The normalized spacial score (nSPS) is 15.9. The van der Waals surface area contributed by atoms with Gasteiger partial charge in [0, 0.05) is 63.9 Å². The van der Waals surface area contributed by atoms with Crippen molar-refractivity contribution in [3.63, 3.8) is 0 Å². The number of carbonyl (C=O) groups excluding carboxylic acids is 1. The maximum atomic E-state index is 14.0. The molecule has 6 nitrogen and oxygen atoms in total. The molecule has 1 aromatic rings. The van der Waals surface area contributed by atoms with Crippen molar-refractivity contribution in [2.75, 3.05) is 53.4 Å². The average Bonchev–Trinajstić information content (AvgIpc) is 2.62. The quantitative estimate of drug-likeness (QED) is 0.620. The third kappa shape index (κ3) is 5.57. The smallest absolute Gasteiger partial charge is 0.243 e. The lowest BCUT2D eigenvalue weighted by atomic mass is 10.2. The van der Waals surface area contributed by atoms with Crippen molar-refractivity contribution >= 4 is 23.5 Å². The van der Waals surface area contributed by atoms with Crippen LogP contribution in [0.1, 0.15) is 12.5 Å². The number of guanidine groups is 1. The van der Waals surface area contributed by atoms with Gasteiger partial charge in [0.2, 0.25) is 5.91 Å². The number of rotatable bonds is 5. The number of hydrogen-bond acceptors (Lipinski definition) is 3. The van der Waals surface area contributed by atoms with E-state index >= 15 is 0 Å². The van der Waals surface area contributed by atoms with Crippen LogP contribution in [-0.2, 0) is 11.3 Å². The number of amides is 1. The molecule has 0 aromatic heterocycles. The van der Waals surface area contributed by atoms with Crippen molar-refractivity contribution in [3.8, 4) is 0 Å². The highest BCUT2D eigenvalue weighted by atomic mass is 35.5. The van der Waals surface area contributed by atoms with Gasteiger partial charge in [-0.15, -0.1) is 0 Å². The minimum Gasteiger partial charge on any atom is -0.357 e. The molecule has 0 spiro atoms.